The summed E-state index contributed by atoms with van der Waals surface area (Å²) in [5.74, 6) is 1.15. The lowest BCUT2D eigenvalue weighted by atomic mass is 10.1. The highest BCUT2D eigenvalue weighted by Gasteiger charge is 2.07. The summed E-state index contributed by atoms with van der Waals surface area (Å²) in [5, 5.41) is 9.53. The number of benzene rings is 1. The summed E-state index contributed by atoms with van der Waals surface area (Å²) in [5.41, 5.74) is 3.06. The van der Waals surface area contributed by atoms with Crippen LogP contribution in [0, 0.1) is 20.8 Å². The minimum atomic E-state index is -0.116. The zero-order valence-electron chi connectivity index (χ0n) is 11.3. The molecule has 5 heteroatoms. The summed E-state index contributed by atoms with van der Waals surface area (Å²) in [6.07, 6.45) is 0. The number of aryl methyl sites for hydroxylation is 2. The van der Waals surface area contributed by atoms with E-state index in [1.54, 1.807) is 13.0 Å². The SMILES string of the molecule is Cc1cc(NCC(=O)Nc2cccc(C)c2C)no1. The smallest absolute Gasteiger partial charge is 0.243 e. The van der Waals surface area contributed by atoms with Crippen molar-refractivity contribution in [1.29, 1.82) is 0 Å². The fourth-order valence-corrected chi connectivity index (χ4v) is 1.70. The number of rotatable bonds is 4. The molecule has 2 rings (SSSR count). The van der Waals surface area contributed by atoms with Gasteiger partial charge in [-0.2, -0.15) is 0 Å². The second-order valence-electron chi connectivity index (χ2n) is 4.47. The number of hydrogen-bond acceptors (Lipinski definition) is 4. The zero-order valence-corrected chi connectivity index (χ0v) is 11.3. The summed E-state index contributed by atoms with van der Waals surface area (Å²) < 4.78 is 4.91. The first-order valence-electron chi connectivity index (χ1n) is 6.09. The van der Waals surface area contributed by atoms with Gasteiger partial charge in [-0.1, -0.05) is 17.3 Å². The van der Waals surface area contributed by atoms with Crippen molar-refractivity contribution in [1.82, 2.24) is 5.16 Å². The van der Waals surface area contributed by atoms with E-state index in [-0.39, 0.29) is 12.5 Å². The van der Waals surface area contributed by atoms with Crippen molar-refractivity contribution in [3.63, 3.8) is 0 Å². The Hall–Kier alpha value is -2.30. The molecule has 1 amide bonds. The van der Waals surface area contributed by atoms with Crippen molar-refractivity contribution in [2.45, 2.75) is 20.8 Å². The van der Waals surface area contributed by atoms with Crippen molar-refractivity contribution in [2.24, 2.45) is 0 Å². The van der Waals surface area contributed by atoms with Gasteiger partial charge in [0.25, 0.3) is 0 Å². The first kappa shape index (κ1) is 13.1. The van der Waals surface area contributed by atoms with Crippen molar-refractivity contribution < 1.29 is 9.32 Å². The second-order valence-corrected chi connectivity index (χ2v) is 4.47. The van der Waals surface area contributed by atoms with Crippen LogP contribution in [0.3, 0.4) is 0 Å². The van der Waals surface area contributed by atoms with E-state index in [0.717, 1.165) is 16.8 Å². The molecule has 100 valence electrons. The first-order chi connectivity index (χ1) is 9.06. The van der Waals surface area contributed by atoms with Gasteiger partial charge in [0.1, 0.15) is 5.76 Å². The maximum absolute atomic E-state index is 11.8. The predicted molar refractivity (Wildman–Crippen MR) is 74.3 cm³/mol. The van der Waals surface area contributed by atoms with E-state index in [1.807, 2.05) is 32.0 Å². The minimum Gasteiger partial charge on any atom is -0.360 e. The van der Waals surface area contributed by atoms with Gasteiger partial charge in [0.05, 0.1) is 6.54 Å². The number of aromatic nitrogens is 1. The molecule has 1 aromatic carbocycles. The quantitative estimate of drug-likeness (QED) is 0.885. The van der Waals surface area contributed by atoms with Crippen LogP contribution in [0.15, 0.2) is 28.8 Å². The Labute approximate surface area is 112 Å². The molecule has 19 heavy (non-hydrogen) atoms. The van der Waals surface area contributed by atoms with Crippen LogP contribution in [0.2, 0.25) is 0 Å². The number of nitrogens with zero attached hydrogens (tertiary/aromatic N) is 1. The number of nitrogens with one attached hydrogen (secondary N) is 2. The maximum atomic E-state index is 11.8. The highest BCUT2D eigenvalue weighted by molar-refractivity contribution is 5.94. The van der Waals surface area contributed by atoms with Gasteiger partial charge >= 0.3 is 0 Å². The van der Waals surface area contributed by atoms with Gasteiger partial charge in [-0.25, -0.2) is 0 Å². The summed E-state index contributed by atoms with van der Waals surface area (Å²) >= 11 is 0. The van der Waals surface area contributed by atoms with Crippen LogP contribution >= 0.6 is 0 Å². The Balaban J connectivity index is 1.92. The molecule has 0 atom stereocenters. The lowest BCUT2D eigenvalue weighted by Gasteiger charge is -2.10. The molecule has 0 fully saturated rings. The van der Waals surface area contributed by atoms with Gasteiger partial charge in [-0.05, 0) is 38.0 Å². The topological polar surface area (TPSA) is 67.2 Å². The fraction of sp³-hybridized carbons (Fsp3) is 0.286. The normalized spacial score (nSPS) is 10.3. The van der Waals surface area contributed by atoms with Crippen LogP contribution in [0.25, 0.3) is 0 Å². The van der Waals surface area contributed by atoms with Crippen molar-refractivity contribution in [2.75, 3.05) is 17.2 Å². The Kier molecular flexibility index (Phi) is 3.85. The third-order valence-corrected chi connectivity index (χ3v) is 2.94. The Morgan fingerprint density at radius 1 is 1.32 bits per heavy atom. The molecule has 0 aliphatic carbocycles. The van der Waals surface area contributed by atoms with Crippen LogP contribution in [-0.2, 0) is 4.79 Å². The largest absolute Gasteiger partial charge is 0.360 e. The number of amides is 1. The highest BCUT2D eigenvalue weighted by Crippen LogP contribution is 2.17. The summed E-state index contributed by atoms with van der Waals surface area (Å²) in [6, 6.07) is 7.57. The van der Waals surface area contributed by atoms with Crippen molar-refractivity contribution in [3.05, 3.63) is 41.2 Å². The second kappa shape index (κ2) is 5.56. The molecule has 0 unspecified atom stereocenters. The van der Waals surface area contributed by atoms with Gasteiger partial charge in [-0.3, -0.25) is 4.79 Å². The number of anilines is 2. The van der Waals surface area contributed by atoms with Gasteiger partial charge in [0.2, 0.25) is 5.91 Å². The molecule has 0 aliphatic heterocycles. The van der Waals surface area contributed by atoms with E-state index in [0.29, 0.717) is 11.6 Å². The van der Waals surface area contributed by atoms with E-state index >= 15 is 0 Å². The Bertz CT molecular complexity index is 590. The minimum absolute atomic E-state index is 0.116. The molecule has 0 saturated heterocycles. The average molecular weight is 259 g/mol. The lowest BCUT2D eigenvalue weighted by Crippen LogP contribution is -2.22. The summed E-state index contributed by atoms with van der Waals surface area (Å²) in [4.78, 5) is 11.8. The fourth-order valence-electron chi connectivity index (χ4n) is 1.70. The molecular weight excluding hydrogens is 242 g/mol. The van der Waals surface area contributed by atoms with Crippen LogP contribution < -0.4 is 10.6 Å². The van der Waals surface area contributed by atoms with Crippen molar-refractivity contribution >= 4 is 17.4 Å². The van der Waals surface area contributed by atoms with Gasteiger partial charge in [-0.15, -0.1) is 0 Å². The third kappa shape index (κ3) is 3.34. The molecule has 1 aromatic heterocycles. The van der Waals surface area contributed by atoms with E-state index in [4.69, 9.17) is 4.52 Å². The van der Waals surface area contributed by atoms with E-state index in [9.17, 15) is 4.79 Å². The molecule has 0 saturated carbocycles. The first-order valence-corrected chi connectivity index (χ1v) is 6.09. The van der Waals surface area contributed by atoms with Crippen LogP contribution in [-0.4, -0.2) is 17.6 Å². The molecule has 0 radical (unpaired) electrons. The standard InChI is InChI=1S/C14H17N3O2/c1-9-5-4-6-12(11(9)3)16-14(18)8-15-13-7-10(2)19-17-13/h4-7H,8H2,1-3H3,(H,15,17)(H,16,18). The van der Waals surface area contributed by atoms with Gasteiger partial charge in [0, 0.05) is 11.8 Å². The van der Waals surface area contributed by atoms with E-state index < -0.39 is 0 Å². The lowest BCUT2D eigenvalue weighted by molar-refractivity contribution is -0.114. The Morgan fingerprint density at radius 3 is 2.79 bits per heavy atom. The number of carbonyl (C=O) groups excluding carboxylic acids is 1. The van der Waals surface area contributed by atoms with Crippen LogP contribution in [0.1, 0.15) is 16.9 Å². The predicted octanol–water partition coefficient (Wildman–Crippen LogP) is 2.65. The third-order valence-electron chi connectivity index (χ3n) is 2.94. The molecule has 2 N–H and O–H groups in total. The van der Waals surface area contributed by atoms with Gasteiger partial charge < -0.3 is 15.2 Å². The van der Waals surface area contributed by atoms with Crippen molar-refractivity contribution in [3.8, 4) is 0 Å². The van der Waals surface area contributed by atoms with E-state index in [2.05, 4.69) is 15.8 Å². The molecule has 2 aromatic rings. The average Bonchev–Trinajstić information content (AvgIpc) is 2.78. The summed E-state index contributed by atoms with van der Waals surface area (Å²) in [7, 11) is 0. The molecule has 0 bridgehead atoms. The molecule has 0 spiro atoms. The van der Waals surface area contributed by atoms with Crippen LogP contribution in [0.5, 0.6) is 0 Å². The van der Waals surface area contributed by atoms with Gasteiger partial charge in [0.15, 0.2) is 5.82 Å². The monoisotopic (exact) mass is 259 g/mol. The number of hydrogen-bond donors (Lipinski definition) is 2. The van der Waals surface area contributed by atoms with E-state index in [1.165, 1.54) is 0 Å². The summed E-state index contributed by atoms with van der Waals surface area (Å²) in [6.45, 7) is 5.95. The molecule has 5 nitrogen and oxygen atoms in total. The molecular formula is C14H17N3O2. The number of carbonyl (C=O) groups is 1. The highest BCUT2D eigenvalue weighted by atomic mass is 16.5. The maximum Gasteiger partial charge on any atom is 0.243 e. The van der Waals surface area contributed by atoms with Crippen LogP contribution in [0.4, 0.5) is 11.5 Å². The zero-order chi connectivity index (χ0) is 13.8. The molecule has 1 heterocycles. The molecule has 0 aliphatic rings. The Morgan fingerprint density at radius 2 is 2.11 bits per heavy atom.